The number of benzene rings is 3. The number of ketones is 1. The fourth-order valence-electron chi connectivity index (χ4n) is 3.00. The Balaban J connectivity index is 1.96. The van der Waals surface area contributed by atoms with Gasteiger partial charge in [0.05, 0.1) is 19.8 Å². The number of carbonyl (C=O) groups is 2. The van der Waals surface area contributed by atoms with Gasteiger partial charge in [-0.25, -0.2) is 4.79 Å². The second-order valence-corrected chi connectivity index (χ2v) is 6.44. The lowest BCUT2D eigenvalue weighted by Crippen LogP contribution is -2.06. The highest BCUT2D eigenvalue weighted by atomic mass is 16.5. The zero-order valence-electron chi connectivity index (χ0n) is 16.6. The van der Waals surface area contributed by atoms with Crippen LogP contribution in [0.25, 0.3) is 11.1 Å². The van der Waals surface area contributed by atoms with Gasteiger partial charge in [0.1, 0.15) is 18.1 Å². The second-order valence-electron chi connectivity index (χ2n) is 6.44. The van der Waals surface area contributed by atoms with Crippen molar-refractivity contribution < 1.29 is 23.8 Å². The van der Waals surface area contributed by atoms with Gasteiger partial charge < -0.3 is 14.2 Å². The van der Waals surface area contributed by atoms with Crippen LogP contribution in [0.5, 0.6) is 11.5 Å². The van der Waals surface area contributed by atoms with E-state index in [0.29, 0.717) is 40.4 Å². The van der Waals surface area contributed by atoms with E-state index in [2.05, 4.69) is 0 Å². The van der Waals surface area contributed by atoms with Crippen molar-refractivity contribution in [2.24, 2.45) is 0 Å². The Morgan fingerprint density at radius 2 is 1.59 bits per heavy atom. The summed E-state index contributed by atoms with van der Waals surface area (Å²) in [7, 11) is 2.87. The van der Waals surface area contributed by atoms with Crippen molar-refractivity contribution in [3.8, 4) is 22.6 Å². The Morgan fingerprint density at radius 3 is 2.24 bits per heavy atom. The molecule has 0 aliphatic rings. The summed E-state index contributed by atoms with van der Waals surface area (Å²) in [4.78, 5) is 24.0. The van der Waals surface area contributed by atoms with E-state index in [4.69, 9.17) is 14.2 Å². The fourth-order valence-corrected chi connectivity index (χ4v) is 3.00. The van der Waals surface area contributed by atoms with Gasteiger partial charge in [-0.2, -0.15) is 0 Å². The Labute approximate surface area is 169 Å². The van der Waals surface area contributed by atoms with Gasteiger partial charge in [0, 0.05) is 17.2 Å². The largest absolute Gasteiger partial charge is 0.496 e. The molecule has 29 heavy (non-hydrogen) atoms. The van der Waals surface area contributed by atoms with Gasteiger partial charge in [0.25, 0.3) is 0 Å². The summed E-state index contributed by atoms with van der Waals surface area (Å²) in [5, 5.41) is 0. The maximum absolute atomic E-state index is 12.3. The van der Waals surface area contributed by atoms with Crippen molar-refractivity contribution in [3.05, 3.63) is 83.4 Å². The minimum absolute atomic E-state index is 0.127. The molecule has 0 amide bonds. The molecular weight excluding hydrogens is 368 g/mol. The molecule has 148 valence electrons. The van der Waals surface area contributed by atoms with Crippen LogP contribution in [0.3, 0.4) is 0 Å². The van der Waals surface area contributed by atoms with E-state index in [1.54, 1.807) is 31.4 Å². The van der Waals surface area contributed by atoms with Crippen LogP contribution in [0.4, 0.5) is 0 Å². The fraction of sp³-hybridized carbons (Fsp3) is 0.167. The molecule has 0 aliphatic carbocycles. The van der Waals surface area contributed by atoms with Crippen molar-refractivity contribution >= 4 is 11.8 Å². The van der Waals surface area contributed by atoms with Gasteiger partial charge in [0.2, 0.25) is 0 Å². The molecule has 0 atom stereocenters. The highest BCUT2D eigenvalue weighted by molar-refractivity contribution is 6.02. The van der Waals surface area contributed by atoms with Gasteiger partial charge in [-0.3, -0.25) is 4.79 Å². The molecule has 0 N–H and O–H groups in total. The molecule has 0 aliphatic heterocycles. The third-order valence-electron chi connectivity index (χ3n) is 4.54. The molecule has 3 aromatic carbocycles. The minimum Gasteiger partial charge on any atom is -0.496 e. The van der Waals surface area contributed by atoms with Crippen LogP contribution in [0.1, 0.15) is 33.2 Å². The molecule has 0 heterocycles. The first-order valence-electron chi connectivity index (χ1n) is 9.12. The molecule has 0 saturated carbocycles. The van der Waals surface area contributed by atoms with Crippen LogP contribution in [0.2, 0.25) is 0 Å². The standard InChI is InChI=1S/C24H22O5/c1-16(25)18-9-11-20(22(13-18)24(26)28-3)21-12-10-19(14-23(21)27-2)29-15-17-7-5-4-6-8-17/h4-14H,15H2,1-3H3. The van der Waals surface area contributed by atoms with E-state index in [1.807, 2.05) is 42.5 Å². The number of Topliss-reactive ketones (excluding diaryl/α,β-unsaturated/α-hetero) is 1. The Kier molecular flexibility index (Phi) is 6.29. The molecule has 0 saturated heterocycles. The zero-order valence-corrected chi connectivity index (χ0v) is 16.6. The number of esters is 1. The lowest BCUT2D eigenvalue weighted by molar-refractivity contribution is 0.0601. The smallest absolute Gasteiger partial charge is 0.338 e. The average Bonchev–Trinajstić information content (AvgIpc) is 2.77. The molecule has 0 bridgehead atoms. The maximum atomic E-state index is 12.3. The average molecular weight is 390 g/mol. The number of hydrogen-bond acceptors (Lipinski definition) is 5. The molecular formula is C24H22O5. The predicted octanol–water partition coefficient (Wildman–Crippen LogP) is 4.93. The summed E-state index contributed by atoms with van der Waals surface area (Å²) in [5.41, 5.74) is 3.12. The van der Waals surface area contributed by atoms with Crippen LogP contribution < -0.4 is 9.47 Å². The Hall–Kier alpha value is -3.60. The summed E-state index contributed by atoms with van der Waals surface area (Å²) >= 11 is 0. The SMILES string of the molecule is COC(=O)c1cc(C(C)=O)ccc1-c1ccc(OCc2ccccc2)cc1OC. The maximum Gasteiger partial charge on any atom is 0.338 e. The molecule has 5 nitrogen and oxygen atoms in total. The normalized spacial score (nSPS) is 10.3. The molecule has 3 rings (SSSR count). The second kappa shape index (κ2) is 9.06. The van der Waals surface area contributed by atoms with Crippen LogP contribution >= 0.6 is 0 Å². The Bertz CT molecular complexity index is 1020. The van der Waals surface area contributed by atoms with E-state index < -0.39 is 5.97 Å². The number of carbonyl (C=O) groups excluding carboxylic acids is 2. The van der Waals surface area contributed by atoms with E-state index >= 15 is 0 Å². The number of ether oxygens (including phenoxy) is 3. The molecule has 0 radical (unpaired) electrons. The summed E-state index contributed by atoms with van der Waals surface area (Å²) in [6.45, 7) is 1.89. The zero-order chi connectivity index (χ0) is 20.8. The van der Waals surface area contributed by atoms with Gasteiger partial charge in [-0.1, -0.05) is 42.5 Å². The predicted molar refractivity (Wildman–Crippen MR) is 111 cm³/mol. The molecule has 0 aromatic heterocycles. The van der Waals surface area contributed by atoms with Gasteiger partial charge >= 0.3 is 5.97 Å². The molecule has 5 heteroatoms. The van der Waals surface area contributed by atoms with Crippen LogP contribution in [-0.4, -0.2) is 26.0 Å². The monoisotopic (exact) mass is 390 g/mol. The van der Waals surface area contributed by atoms with E-state index in [9.17, 15) is 9.59 Å². The highest BCUT2D eigenvalue weighted by Gasteiger charge is 2.18. The Morgan fingerprint density at radius 1 is 0.862 bits per heavy atom. The van der Waals surface area contributed by atoms with Crippen LogP contribution in [-0.2, 0) is 11.3 Å². The lowest BCUT2D eigenvalue weighted by atomic mass is 9.95. The van der Waals surface area contributed by atoms with Crippen molar-refractivity contribution in [1.29, 1.82) is 0 Å². The third-order valence-corrected chi connectivity index (χ3v) is 4.54. The van der Waals surface area contributed by atoms with Crippen molar-refractivity contribution in [2.45, 2.75) is 13.5 Å². The van der Waals surface area contributed by atoms with Crippen molar-refractivity contribution in [3.63, 3.8) is 0 Å². The third kappa shape index (κ3) is 4.63. The first-order chi connectivity index (χ1) is 14.0. The highest BCUT2D eigenvalue weighted by Crippen LogP contribution is 2.36. The first-order valence-corrected chi connectivity index (χ1v) is 9.12. The quantitative estimate of drug-likeness (QED) is 0.423. The van der Waals surface area contributed by atoms with Gasteiger partial charge in [0.15, 0.2) is 5.78 Å². The summed E-state index contributed by atoms with van der Waals surface area (Å²) < 4.78 is 16.3. The molecule has 0 fully saturated rings. The van der Waals surface area contributed by atoms with Crippen molar-refractivity contribution in [2.75, 3.05) is 14.2 Å². The van der Waals surface area contributed by atoms with Gasteiger partial charge in [-0.05, 0) is 36.2 Å². The molecule has 0 spiro atoms. The first kappa shape index (κ1) is 20.1. The minimum atomic E-state index is -0.519. The molecule has 0 unspecified atom stereocenters. The van der Waals surface area contributed by atoms with E-state index in [1.165, 1.54) is 14.0 Å². The number of rotatable bonds is 7. The summed E-state index contributed by atoms with van der Waals surface area (Å²) in [6, 6.07) is 20.2. The van der Waals surface area contributed by atoms with E-state index in [-0.39, 0.29) is 5.78 Å². The van der Waals surface area contributed by atoms with E-state index in [0.717, 1.165) is 5.56 Å². The number of hydrogen-bond donors (Lipinski definition) is 0. The van der Waals surface area contributed by atoms with Crippen molar-refractivity contribution in [1.82, 2.24) is 0 Å². The number of methoxy groups -OCH3 is 2. The summed E-state index contributed by atoms with van der Waals surface area (Å²) in [5.74, 6) is 0.554. The molecule has 3 aromatic rings. The topological polar surface area (TPSA) is 61.8 Å². The summed E-state index contributed by atoms with van der Waals surface area (Å²) in [6.07, 6.45) is 0. The lowest BCUT2D eigenvalue weighted by Gasteiger charge is -2.15. The van der Waals surface area contributed by atoms with Crippen LogP contribution in [0, 0.1) is 0 Å². The van der Waals surface area contributed by atoms with Gasteiger partial charge in [-0.15, -0.1) is 0 Å². The van der Waals surface area contributed by atoms with Crippen LogP contribution in [0.15, 0.2) is 66.7 Å².